The average Bonchev–Trinajstić information content (AvgIpc) is 2.97. The molecule has 0 radical (unpaired) electrons. The Morgan fingerprint density at radius 2 is 2.00 bits per heavy atom. The van der Waals surface area contributed by atoms with E-state index in [0.29, 0.717) is 13.1 Å². The molecule has 5 nitrogen and oxygen atoms in total. The first kappa shape index (κ1) is 15.2. The molecule has 1 saturated heterocycles. The fourth-order valence-electron chi connectivity index (χ4n) is 2.16. The molecule has 0 N–H and O–H groups in total. The summed E-state index contributed by atoms with van der Waals surface area (Å²) in [5.74, 6) is -0.386. The van der Waals surface area contributed by atoms with Crippen molar-refractivity contribution >= 4 is 22.2 Å². The molecular formula is C14H13FN2O3S. The molecule has 1 amide bonds. The van der Waals surface area contributed by atoms with Crippen LogP contribution in [0.15, 0.2) is 34.7 Å². The van der Waals surface area contributed by atoms with Gasteiger partial charge in [0.15, 0.2) is 0 Å². The van der Waals surface area contributed by atoms with Gasteiger partial charge in [-0.25, -0.2) is 0 Å². The van der Waals surface area contributed by atoms with Crippen LogP contribution in [0.2, 0.25) is 0 Å². The number of nitrogens with zero attached hydrogens (tertiary/aromatic N) is 2. The van der Waals surface area contributed by atoms with E-state index in [0.717, 1.165) is 25.0 Å². The second kappa shape index (κ2) is 6.06. The van der Waals surface area contributed by atoms with Crippen LogP contribution in [0.5, 0.6) is 0 Å². The van der Waals surface area contributed by atoms with Crippen LogP contribution in [-0.4, -0.2) is 32.3 Å². The van der Waals surface area contributed by atoms with E-state index in [9.17, 15) is 17.1 Å². The zero-order valence-corrected chi connectivity index (χ0v) is 11.9. The molecule has 1 aliphatic rings. The van der Waals surface area contributed by atoms with Crippen LogP contribution in [0.1, 0.15) is 18.4 Å². The molecule has 0 saturated carbocycles. The Bertz CT molecular complexity index is 729. The summed E-state index contributed by atoms with van der Waals surface area (Å²) >= 11 is 0. The van der Waals surface area contributed by atoms with Gasteiger partial charge >= 0.3 is 10.2 Å². The van der Waals surface area contributed by atoms with Crippen molar-refractivity contribution < 1.29 is 17.1 Å². The molecule has 21 heavy (non-hydrogen) atoms. The van der Waals surface area contributed by atoms with E-state index in [1.165, 1.54) is 18.2 Å². The molecule has 7 heteroatoms. The summed E-state index contributed by atoms with van der Waals surface area (Å²) in [6, 6.07) is 6.87. The fourth-order valence-corrected chi connectivity index (χ4v) is 2.67. The van der Waals surface area contributed by atoms with Crippen LogP contribution >= 0.6 is 0 Å². The topological polar surface area (TPSA) is 78.2 Å². The Morgan fingerprint density at radius 1 is 1.33 bits per heavy atom. The van der Waals surface area contributed by atoms with Crippen LogP contribution in [0.25, 0.3) is 6.08 Å². The molecule has 110 valence electrons. The lowest BCUT2D eigenvalue weighted by molar-refractivity contribution is -0.125. The second-order valence-electron chi connectivity index (χ2n) is 4.68. The van der Waals surface area contributed by atoms with Crippen LogP contribution in [0.4, 0.5) is 3.89 Å². The monoisotopic (exact) mass is 308 g/mol. The van der Waals surface area contributed by atoms with Gasteiger partial charge in [0.2, 0.25) is 0 Å². The number of hydrogen-bond acceptors (Lipinski definition) is 4. The number of carbonyl (C=O) groups excluding carboxylic acids is 1. The highest BCUT2D eigenvalue weighted by Gasteiger charge is 2.21. The maximum atomic E-state index is 12.9. The Balaban J connectivity index is 2.32. The van der Waals surface area contributed by atoms with E-state index in [1.54, 1.807) is 4.90 Å². The minimum atomic E-state index is -4.81. The van der Waals surface area contributed by atoms with Gasteiger partial charge in [0, 0.05) is 13.1 Å². The van der Waals surface area contributed by atoms with E-state index in [-0.39, 0.29) is 17.0 Å². The first-order valence-corrected chi connectivity index (χ1v) is 7.76. The van der Waals surface area contributed by atoms with Gasteiger partial charge in [-0.1, -0.05) is 12.1 Å². The first-order chi connectivity index (χ1) is 9.91. The molecule has 1 fully saturated rings. The van der Waals surface area contributed by atoms with Crippen molar-refractivity contribution in [3.8, 4) is 6.07 Å². The van der Waals surface area contributed by atoms with E-state index in [1.807, 2.05) is 6.07 Å². The number of likely N-dealkylation sites (tertiary alicyclic amines) is 1. The van der Waals surface area contributed by atoms with Crippen LogP contribution < -0.4 is 0 Å². The summed E-state index contributed by atoms with van der Waals surface area (Å²) in [5, 5.41) is 9.09. The Labute approximate surface area is 122 Å². The van der Waals surface area contributed by atoms with Gasteiger partial charge in [-0.3, -0.25) is 4.79 Å². The number of amides is 1. The summed E-state index contributed by atoms with van der Waals surface area (Å²) < 4.78 is 34.6. The van der Waals surface area contributed by atoms with E-state index in [4.69, 9.17) is 5.26 Å². The van der Waals surface area contributed by atoms with Gasteiger partial charge in [0.25, 0.3) is 5.91 Å². The standard InChI is InChI=1S/C14H13FN2O3S/c15-21(19,20)13-5-3-4-11(9-13)8-12(10-16)14(18)17-6-1-2-7-17/h3-5,8-9H,1-2,6-7H2/b12-8+. The average molecular weight is 308 g/mol. The van der Waals surface area contributed by atoms with E-state index < -0.39 is 15.1 Å². The van der Waals surface area contributed by atoms with Crippen LogP contribution in [-0.2, 0) is 15.0 Å². The quantitative estimate of drug-likeness (QED) is 0.485. The predicted molar refractivity (Wildman–Crippen MR) is 74.1 cm³/mol. The normalized spacial score (nSPS) is 15.8. The van der Waals surface area contributed by atoms with Crippen molar-refractivity contribution in [3.05, 3.63) is 35.4 Å². The molecule has 1 heterocycles. The van der Waals surface area contributed by atoms with E-state index in [2.05, 4.69) is 0 Å². The van der Waals surface area contributed by atoms with Gasteiger partial charge in [0.1, 0.15) is 11.6 Å². The number of benzene rings is 1. The van der Waals surface area contributed by atoms with E-state index >= 15 is 0 Å². The molecule has 0 spiro atoms. The minimum absolute atomic E-state index is 0.0923. The SMILES string of the molecule is N#C/C(=C\c1cccc(S(=O)(=O)F)c1)C(=O)N1CCCC1. The highest BCUT2D eigenvalue weighted by Crippen LogP contribution is 2.18. The van der Waals surface area contributed by atoms with Crippen molar-refractivity contribution in [1.82, 2.24) is 4.90 Å². The number of carbonyl (C=O) groups is 1. The summed E-state index contributed by atoms with van der Waals surface area (Å²) in [6.07, 6.45) is 3.08. The first-order valence-electron chi connectivity index (χ1n) is 6.37. The third kappa shape index (κ3) is 3.67. The molecule has 0 aromatic heterocycles. The summed E-state index contributed by atoms with van der Waals surface area (Å²) in [5.41, 5.74) is 0.197. The molecule has 0 aliphatic carbocycles. The number of hydrogen-bond donors (Lipinski definition) is 0. The lowest BCUT2D eigenvalue weighted by Crippen LogP contribution is -2.28. The maximum absolute atomic E-state index is 12.9. The van der Waals surface area contributed by atoms with Gasteiger partial charge in [0.05, 0.1) is 4.90 Å². The minimum Gasteiger partial charge on any atom is -0.338 e. The van der Waals surface area contributed by atoms with Crippen molar-refractivity contribution in [1.29, 1.82) is 5.26 Å². The Kier molecular flexibility index (Phi) is 4.38. The maximum Gasteiger partial charge on any atom is 0.332 e. The van der Waals surface area contributed by atoms with Gasteiger partial charge < -0.3 is 4.90 Å². The second-order valence-corrected chi connectivity index (χ2v) is 6.03. The largest absolute Gasteiger partial charge is 0.338 e. The third-order valence-electron chi connectivity index (χ3n) is 3.19. The molecule has 1 aliphatic heterocycles. The van der Waals surface area contributed by atoms with Crippen molar-refractivity contribution in [2.75, 3.05) is 13.1 Å². The van der Waals surface area contributed by atoms with Gasteiger partial charge in [-0.05, 0) is 36.6 Å². The highest BCUT2D eigenvalue weighted by molar-refractivity contribution is 7.86. The smallest absolute Gasteiger partial charge is 0.332 e. The fraction of sp³-hybridized carbons (Fsp3) is 0.286. The molecule has 1 aromatic carbocycles. The zero-order valence-electron chi connectivity index (χ0n) is 11.1. The number of halogens is 1. The summed E-state index contributed by atoms with van der Waals surface area (Å²) in [7, 11) is -4.81. The number of nitriles is 1. The summed E-state index contributed by atoms with van der Waals surface area (Å²) in [6.45, 7) is 1.22. The van der Waals surface area contributed by atoms with Gasteiger partial charge in [-0.2, -0.15) is 13.7 Å². The van der Waals surface area contributed by atoms with Crippen LogP contribution in [0.3, 0.4) is 0 Å². The molecule has 0 unspecified atom stereocenters. The van der Waals surface area contributed by atoms with Crippen molar-refractivity contribution in [3.63, 3.8) is 0 Å². The lowest BCUT2D eigenvalue weighted by Gasteiger charge is -2.14. The molecule has 0 bridgehead atoms. The molecule has 1 aromatic rings. The van der Waals surface area contributed by atoms with Crippen molar-refractivity contribution in [2.45, 2.75) is 17.7 Å². The Hall–Kier alpha value is -2.20. The van der Waals surface area contributed by atoms with Crippen molar-refractivity contribution in [2.24, 2.45) is 0 Å². The summed E-state index contributed by atoms with van der Waals surface area (Å²) in [4.78, 5) is 13.2. The van der Waals surface area contributed by atoms with Crippen LogP contribution in [0, 0.1) is 11.3 Å². The third-order valence-corrected chi connectivity index (χ3v) is 4.01. The Morgan fingerprint density at radius 3 is 2.57 bits per heavy atom. The number of rotatable bonds is 3. The lowest BCUT2D eigenvalue weighted by atomic mass is 10.1. The zero-order chi connectivity index (χ0) is 15.5. The molecule has 0 atom stereocenters. The van der Waals surface area contributed by atoms with Gasteiger partial charge in [-0.15, -0.1) is 3.89 Å². The predicted octanol–water partition coefficient (Wildman–Crippen LogP) is 1.87. The molecule has 2 rings (SSSR count). The molecular weight excluding hydrogens is 295 g/mol. The highest BCUT2D eigenvalue weighted by atomic mass is 32.3.